The number of piperazine rings is 1. The van der Waals surface area contributed by atoms with E-state index in [0.717, 1.165) is 51.4 Å². The number of carbonyl (C=O) groups excluding carboxylic acids is 4. The molecule has 0 spiro atoms. The molecule has 0 aliphatic carbocycles. The molecule has 1 aliphatic rings. The zero-order valence-electron chi connectivity index (χ0n) is 60.9. The standard InChI is InChI=1S/C78H152N4O10/c1-5-9-13-17-21-25-29-33-37-41-45-49-53-69(83)65-81(66-70(84)54-50-46-42-38-34-30-26-22-18-14-10-6-2)61-63-91-75(87)59-57-73-77(89)80-74(78(90)79-73)58-60-76(88)92-64-62-82(67-71(85)55-51-47-43-39-35-31-27-23-19-15-11-7-3)68-72(86)56-52-48-44-40-36-32-28-24-20-16-12-8-4/h69-74,83-86H,5-68H2,1-4H3,(H,79,90)(H,80,89). The van der Waals surface area contributed by atoms with Gasteiger partial charge in [-0.25, -0.2) is 0 Å². The first kappa shape index (κ1) is 87.7. The molecule has 0 aromatic rings. The minimum Gasteiger partial charge on any atom is -0.464 e. The number of rotatable bonds is 72. The highest BCUT2D eigenvalue weighted by atomic mass is 16.5. The lowest BCUT2D eigenvalue weighted by atomic mass is 10.0. The normalized spacial score (nSPS) is 15.7. The summed E-state index contributed by atoms with van der Waals surface area (Å²) in [5.41, 5.74) is 0. The third kappa shape index (κ3) is 56.8. The number of ether oxygens (including phenoxy) is 2. The maximum absolute atomic E-state index is 13.2. The summed E-state index contributed by atoms with van der Waals surface area (Å²) in [5, 5.41) is 50.0. The lowest BCUT2D eigenvalue weighted by Crippen LogP contribution is -2.61. The van der Waals surface area contributed by atoms with E-state index in [4.69, 9.17) is 9.47 Å². The van der Waals surface area contributed by atoms with Crippen molar-refractivity contribution < 1.29 is 49.1 Å². The highest BCUT2D eigenvalue weighted by molar-refractivity contribution is 5.97. The van der Waals surface area contributed by atoms with Crippen molar-refractivity contribution >= 4 is 23.8 Å². The van der Waals surface area contributed by atoms with E-state index in [0.29, 0.717) is 65.0 Å². The van der Waals surface area contributed by atoms with Gasteiger partial charge in [0.1, 0.15) is 25.3 Å². The summed E-state index contributed by atoms with van der Waals surface area (Å²) in [6, 6.07) is -1.84. The average Bonchev–Trinajstić information content (AvgIpc) is 1.07. The zero-order valence-corrected chi connectivity index (χ0v) is 60.9. The fourth-order valence-electron chi connectivity index (χ4n) is 13.3. The Kier molecular flexibility index (Phi) is 62.8. The number of nitrogens with zero attached hydrogens (tertiary/aromatic N) is 2. The minimum atomic E-state index is -0.920. The lowest BCUT2D eigenvalue weighted by Gasteiger charge is -2.29. The SMILES string of the molecule is CCCCCCCCCCCCCCC(O)CN(CCOC(=O)CCC1NC(=O)C(CCC(=O)OCCN(CC(O)CCCCCCCCCCCCCC)CC(O)CCCCCCCCCCCCCC)NC1=O)CC(O)CCCCCCCCCCCCCC. The third-order valence-corrected chi connectivity index (χ3v) is 19.3. The topological polar surface area (TPSA) is 198 Å². The number of nitrogens with one attached hydrogen (secondary N) is 2. The number of amides is 2. The van der Waals surface area contributed by atoms with Gasteiger partial charge in [0.15, 0.2) is 0 Å². The van der Waals surface area contributed by atoms with E-state index >= 15 is 0 Å². The van der Waals surface area contributed by atoms with Gasteiger partial charge in [-0.05, 0) is 38.5 Å². The first-order valence-electron chi connectivity index (χ1n) is 40.0. The predicted octanol–water partition coefficient (Wildman–Crippen LogP) is 18.0. The molecule has 0 radical (unpaired) electrons. The monoisotopic (exact) mass is 1310 g/mol. The van der Waals surface area contributed by atoms with Crippen LogP contribution in [-0.4, -0.2) is 143 Å². The van der Waals surface area contributed by atoms with Crippen LogP contribution in [0.1, 0.15) is 387 Å². The van der Waals surface area contributed by atoms with Crippen molar-refractivity contribution in [2.24, 2.45) is 0 Å². The summed E-state index contributed by atoms with van der Waals surface area (Å²) in [7, 11) is 0. The molecular formula is C78H152N4O10. The molecule has 1 heterocycles. The smallest absolute Gasteiger partial charge is 0.305 e. The number of carbonyl (C=O) groups is 4. The Morgan fingerprint density at radius 1 is 0.326 bits per heavy atom. The van der Waals surface area contributed by atoms with Crippen LogP contribution in [0.15, 0.2) is 0 Å². The molecule has 92 heavy (non-hydrogen) atoms. The molecule has 544 valence electrons. The fraction of sp³-hybridized carbons (Fsp3) is 0.949. The van der Waals surface area contributed by atoms with Crippen molar-refractivity contribution in [2.45, 2.75) is 424 Å². The van der Waals surface area contributed by atoms with Crippen molar-refractivity contribution in [3.05, 3.63) is 0 Å². The van der Waals surface area contributed by atoms with Crippen molar-refractivity contribution in [3.8, 4) is 0 Å². The summed E-state index contributed by atoms with van der Waals surface area (Å²) in [6.07, 6.45) is 61.0. The number of unbranched alkanes of at least 4 members (excludes halogenated alkanes) is 44. The van der Waals surface area contributed by atoms with Crippen molar-refractivity contribution in [1.29, 1.82) is 0 Å². The van der Waals surface area contributed by atoms with Crippen LogP contribution in [0.4, 0.5) is 0 Å². The van der Waals surface area contributed by atoms with Gasteiger partial charge in [-0.15, -0.1) is 0 Å². The molecule has 14 nitrogen and oxygen atoms in total. The van der Waals surface area contributed by atoms with Gasteiger partial charge < -0.3 is 40.5 Å². The zero-order chi connectivity index (χ0) is 67.0. The number of esters is 2. The Morgan fingerprint density at radius 2 is 0.511 bits per heavy atom. The maximum atomic E-state index is 13.2. The summed E-state index contributed by atoms with van der Waals surface area (Å²) in [5.74, 6) is -1.84. The summed E-state index contributed by atoms with van der Waals surface area (Å²) in [6.45, 7) is 11.5. The van der Waals surface area contributed by atoms with Crippen molar-refractivity contribution in [3.63, 3.8) is 0 Å². The molecule has 6 N–H and O–H groups in total. The van der Waals surface area contributed by atoms with E-state index in [1.54, 1.807) is 0 Å². The molecule has 0 aromatic carbocycles. The second-order valence-electron chi connectivity index (χ2n) is 28.5. The highest BCUT2D eigenvalue weighted by Crippen LogP contribution is 2.20. The second kappa shape index (κ2) is 65.9. The van der Waals surface area contributed by atoms with Gasteiger partial charge in [0.05, 0.1) is 24.4 Å². The summed E-state index contributed by atoms with van der Waals surface area (Å²) in [4.78, 5) is 56.5. The van der Waals surface area contributed by atoms with Gasteiger partial charge in [0, 0.05) is 52.1 Å². The molecule has 1 aliphatic heterocycles. The van der Waals surface area contributed by atoms with Crippen molar-refractivity contribution in [2.75, 3.05) is 52.5 Å². The van der Waals surface area contributed by atoms with E-state index in [1.807, 2.05) is 9.80 Å². The number of aliphatic hydroxyl groups is 4. The van der Waals surface area contributed by atoms with Gasteiger partial charge >= 0.3 is 11.9 Å². The number of aliphatic hydroxyl groups excluding tert-OH is 4. The Labute approximate surface area is 567 Å². The Hall–Kier alpha value is -2.36. The van der Waals surface area contributed by atoms with Crippen molar-refractivity contribution in [1.82, 2.24) is 20.4 Å². The molecule has 2 amide bonds. The minimum absolute atomic E-state index is 0.0585. The summed E-state index contributed by atoms with van der Waals surface area (Å²) >= 11 is 0. The highest BCUT2D eigenvalue weighted by Gasteiger charge is 2.34. The molecule has 0 saturated carbocycles. The van der Waals surface area contributed by atoms with E-state index < -0.39 is 60.3 Å². The Morgan fingerprint density at radius 3 is 0.707 bits per heavy atom. The molecular weight excluding hydrogens is 1150 g/mol. The van der Waals surface area contributed by atoms with E-state index in [-0.39, 0.29) is 38.9 Å². The lowest BCUT2D eigenvalue weighted by molar-refractivity contribution is -0.147. The van der Waals surface area contributed by atoms with Crippen LogP contribution in [0.25, 0.3) is 0 Å². The van der Waals surface area contributed by atoms with Gasteiger partial charge in [0.2, 0.25) is 11.8 Å². The van der Waals surface area contributed by atoms with Crippen LogP contribution >= 0.6 is 0 Å². The summed E-state index contributed by atoms with van der Waals surface area (Å²) < 4.78 is 11.3. The quantitative estimate of drug-likeness (QED) is 0.0249. The van der Waals surface area contributed by atoms with Crippen LogP contribution in [0, 0.1) is 0 Å². The molecule has 6 atom stereocenters. The number of hydrogen-bond acceptors (Lipinski definition) is 12. The first-order valence-corrected chi connectivity index (χ1v) is 40.0. The third-order valence-electron chi connectivity index (χ3n) is 19.3. The average molecular weight is 1310 g/mol. The molecule has 0 aromatic heterocycles. The predicted molar refractivity (Wildman–Crippen MR) is 384 cm³/mol. The number of hydrogen-bond donors (Lipinski definition) is 6. The maximum Gasteiger partial charge on any atom is 0.305 e. The second-order valence-corrected chi connectivity index (χ2v) is 28.5. The van der Waals surface area contributed by atoms with Gasteiger partial charge in [0.25, 0.3) is 0 Å². The van der Waals surface area contributed by atoms with E-state index in [2.05, 4.69) is 38.3 Å². The largest absolute Gasteiger partial charge is 0.464 e. The molecule has 1 fully saturated rings. The fourth-order valence-corrected chi connectivity index (χ4v) is 13.3. The van der Waals surface area contributed by atoms with E-state index in [9.17, 15) is 39.6 Å². The molecule has 1 saturated heterocycles. The molecule has 0 bridgehead atoms. The first-order chi connectivity index (χ1) is 44.9. The van der Waals surface area contributed by atoms with Crippen LogP contribution in [0.5, 0.6) is 0 Å². The van der Waals surface area contributed by atoms with E-state index in [1.165, 1.54) is 257 Å². The van der Waals surface area contributed by atoms with Gasteiger partial charge in [-0.2, -0.15) is 0 Å². The van der Waals surface area contributed by atoms with Crippen LogP contribution in [0.2, 0.25) is 0 Å². The molecule has 14 heteroatoms. The van der Waals surface area contributed by atoms with Gasteiger partial charge in [-0.1, -0.05) is 336 Å². The van der Waals surface area contributed by atoms with Crippen LogP contribution in [-0.2, 0) is 28.7 Å². The Bertz CT molecular complexity index is 1460. The van der Waals surface area contributed by atoms with Crippen LogP contribution in [0.3, 0.4) is 0 Å². The molecule has 1 rings (SSSR count). The Balaban J connectivity index is 2.60. The van der Waals surface area contributed by atoms with Crippen LogP contribution < -0.4 is 10.6 Å². The van der Waals surface area contributed by atoms with Gasteiger partial charge in [-0.3, -0.25) is 29.0 Å². The molecule has 6 unspecified atom stereocenters.